The molecule has 0 amide bonds. The summed E-state index contributed by atoms with van der Waals surface area (Å²) in [5.41, 5.74) is -0.817. The Kier molecular flexibility index (Phi) is 7.95. The molecule has 0 heterocycles. The topological polar surface area (TPSA) is 36.9 Å². The van der Waals surface area contributed by atoms with Gasteiger partial charge in [0.2, 0.25) is 5.79 Å². The van der Waals surface area contributed by atoms with Crippen LogP contribution in [0.15, 0.2) is 0 Å². The Morgan fingerprint density at radius 2 is 1.24 bits per heavy atom. The van der Waals surface area contributed by atoms with Crippen molar-refractivity contribution in [2.75, 3.05) is 0 Å². The molecule has 0 saturated heterocycles. The molecule has 0 N–H and O–H groups in total. The van der Waals surface area contributed by atoms with Gasteiger partial charge in [-0.05, 0) is 58.3 Å². The highest BCUT2D eigenvalue weighted by atomic mass is 17.3. The van der Waals surface area contributed by atoms with Crippen LogP contribution in [0.3, 0.4) is 0 Å². The fourth-order valence-corrected chi connectivity index (χ4v) is 3.01. The summed E-state index contributed by atoms with van der Waals surface area (Å²) in [5.74, 6) is -0.383. The minimum absolute atomic E-state index is 0.190. The third kappa shape index (κ3) is 5.41. The molecule has 1 saturated carbocycles. The summed E-state index contributed by atoms with van der Waals surface area (Å²) in [6.07, 6.45) is 6.50. The first-order chi connectivity index (χ1) is 11.5. The van der Waals surface area contributed by atoms with Gasteiger partial charge in [-0.1, -0.05) is 48.5 Å². The first-order valence-electron chi connectivity index (χ1n) is 10.2. The second-order valence-corrected chi connectivity index (χ2v) is 9.13. The van der Waals surface area contributed by atoms with Crippen molar-refractivity contribution in [1.82, 2.24) is 0 Å². The molecular weight excluding hydrogens is 316 g/mol. The lowest BCUT2D eigenvalue weighted by Crippen LogP contribution is -2.55. The van der Waals surface area contributed by atoms with Gasteiger partial charge in [0, 0.05) is 11.8 Å². The maximum absolute atomic E-state index is 6.14. The van der Waals surface area contributed by atoms with E-state index in [2.05, 4.69) is 62.3 Å². The lowest BCUT2D eigenvalue weighted by molar-refractivity contribution is -0.571. The summed E-state index contributed by atoms with van der Waals surface area (Å²) in [5, 5.41) is 0. The van der Waals surface area contributed by atoms with Gasteiger partial charge in [-0.15, -0.1) is 0 Å². The maximum atomic E-state index is 6.14. The standard InChI is InChI=1S/C21H42O4/c1-10-19(8,11-2)22-24-21(25-23-20(9,12-3)13-4)16-17(5)14-15-18(21,6)7/h17H,10-16H2,1-9H3. The molecule has 1 unspecified atom stereocenters. The molecule has 0 aliphatic heterocycles. The van der Waals surface area contributed by atoms with Gasteiger partial charge in [-0.3, -0.25) is 0 Å². The molecule has 0 aromatic carbocycles. The van der Waals surface area contributed by atoms with E-state index in [9.17, 15) is 0 Å². The Bertz CT molecular complexity index is 375. The molecule has 1 rings (SSSR count). The van der Waals surface area contributed by atoms with Gasteiger partial charge in [0.25, 0.3) is 0 Å². The summed E-state index contributed by atoms with van der Waals surface area (Å²) in [7, 11) is 0. The predicted molar refractivity (Wildman–Crippen MR) is 102 cm³/mol. The second kappa shape index (κ2) is 8.69. The highest BCUT2D eigenvalue weighted by molar-refractivity contribution is 4.92. The molecule has 1 aliphatic carbocycles. The highest BCUT2D eigenvalue weighted by Crippen LogP contribution is 2.50. The zero-order valence-electron chi connectivity index (χ0n) is 18.2. The van der Waals surface area contributed by atoms with Crippen molar-refractivity contribution in [2.45, 2.75) is 124 Å². The van der Waals surface area contributed by atoms with Crippen LogP contribution in [-0.4, -0.2) is 17.0 Å². The SMILES string of the molecule is CCC(C)(CC)OOC1(OOC(C)(CC)CC)CC(C)CCC1(C)C. The van der Waals surface area contributed by atoms with Gasteiger partial charge in [0.05, 0.1) is 0 Å². The summed E-state index contributed by atoms with van der Waals surface area (Å²) in [6.45, 7) is 19.3. The van der Waals surface area contributed by atoms with Crippen LogP contribution in [-0.2, 0) is 19.6 Å². The summed E-state index contributed by atoms with van der Waals surface area (Å²) in [6, 6.07) is 0. The minimum Gasteiger partial charge on any atom is -0.227 e. The van der Waals surface area contributed by atoms with Crippen molar-refractivity contribution >= 4 is 0 Å². The molecule has 0 aromatic heterocycles. The third-order valence-electron chi connectivity index (χ3n) is 6.66. The first-order valence-corrected chi connectivity index (χ1v) is 10.2. The van der Waals surface area contributed by atoms with Gasteiger partial charge in [0.1, 0.15) is 11.2 Å². The second-order valence-electron chi connectivity index (χ2n) is 9.13. The van der Waals surface area contributed by atoms with Crippen LogP contribution in [0, 0.1) is 11.3 Å². The van der Waals surface area contributed by atoms with Crippen LogP contribution in [0.25, 0.3) is 0 Å². The Morgan fingerprint density at radius 3 is 1.60 bits per heavy atom. The lowest BCUT2D eigenvalue weighted by Gasteiger charge is -2.50. The average Bonchev–Trinajstić information content (AvgIpc) is 2.60. The van der Waals surface area contributed by atoms with E-state index in [1.54, 1.807) is 0 Å². The van der Waals surface area contributed by atoms with E-state index in [0.29, 0.717) is 5.92 Å². The van der Waals surface area contributed by atoms with Crippen LogP contribution >= 0.6 is 0 Å². The van der Waals surface area contributed by atoms with Gasteiger partial charge in [-0.25, -0.2) is 9.78 Å². The Balaban J connectivity index is 3.05. The van der Waals surface area contributed by atoms with Crippen LogP contribution in [0.4, 0.5) is 0 Å². The van der Waals surface area contributed by atoms with Gasteiger partial charge < -0.3 is 0 Å². The predicted octanol–water partition coefficient (Wildman–Crippen LogP) is 6.58. The van der Waals surface area contributed by atoms with Crippen molar-refractivity contribution < 1.29 is 19.6 Å². The zero-order chi connectivity index (χ0) is 19.4. The summed E-state index contributed by atoms with van der Waals surface area (Å²) < 4.78 is 0. The molecule has 0 bridgehead atoms. The van der Waals surface area contributed by atoms with Gasteiger partial charge in [0.15, 0.2) is 0 Å². The molecule has 1 fully saturated rings. The molecule has 4 nitrogen and oxygen atoms in total. The van der Waals surface area contributed by atoms with Crippen molar-refractivity contribution in [3.8, 4) is 0 Å². The molecule has 1 atom stereocenters. The molecular formula is C21H42O4. The van der Waals surface area contributed by atoms with Gasteiger partial charge >= 0.3 is 0 Å². The van der Waals surface area contributed by atoms with Crippen LogP contribution in [0.2, 0.25) is 0 Å². The quantitative estimate of drug-likeness (QED) is 0.251. The smallest absolute Gasteiger partial charge is 0.227 e. The molecule has 1 aliphatic rings. The van der Waals surface area contributed by atoms with Gasteiger partial charge in [-0.2, -0.15) is 9.78 Å². The lowest BCUT2D eigenvalue weighted by atomic mass is 9.69. The zero-order valence-corrected chi connectivity index (χ0v) is 18.2. The summed E-state index contributed by atoms with van der Waals surface area (Å²) in [4.78, 5) is 24.2. The van der Waals surface area contributed by atoms with E-state index >= 15 is 0 Å². The highest BCUT2D eigenvalue weighted by Gasteiger charge is 2.55. The fraction of sp³-hybridized carbons (Fsp3) is 1.00. The van der Waals surface area contributed by atoms with Crippen LogP contribution < -0.4 is 0 Å². The molecule has 150 valence electrons. The monoisotopic (exact) mass is 358 g/mol. The number of hydrogen-bond acceptors (Lipinski definition) is 4. The van der Waals surface area contributed by atoms with Crippen LogP contribution in [0.1, 0.15) is 107 Å². The van der Waals surface area contributed by atoms with E-state index in [0.717, 1.165) is 38.5 Å². The first kappa shape index (κ1) is 22.9. The minimum atomic E-state index is -0.887. The van der Waals surface area contributed by atoms with Crippen LogP contribution in [0.5, 0.6) is 0 Å². The average molecular weight is 359 g/mol. The van der Waals surface area contributed by atoms with E-state index < -0.39 is 5.79 Å². The van der Waals surface area contributed by atoms with Crippen molar-refractivity contribution in [3.63, 3.8) is 0 Å². The van der Waals surface area contributed by atoms with Crippen molar-refractivity contribution in [3.05, 3.63) is 0 Å². The van der Waals surface area contributed by atoms with E-state index in [1.165, 1.54) is 6.42 Å². The Hall–Kier alpha value is -0.160. The molecule has 0 aromatic rings. The molecule has 4 heteroatoms. The number of rotatable bonds is 10. The number of hydrogen-bond donors (Lipinski definition) is 0. The van der Waals surface area contributed by atoms with E-state index in [-0.39, 0.29) is 16.6 Å². The molecule has 0 radical (unpaired) electrons. The van der Waals surface area contributed by atoms with E-state index in [4.69, 9.17) is 19.6 Å². The molecule has 25 heavy (non-hydrogen) atoms. The Morgan fingerprint density at radius 1 is 0.840 bits per heavy atom. The normalized spacial score (nSPS) is 23.6. The fourth-order valence-electron chi connectivity index (χ4n) is 3.01. The van der Waals surface area contributed by atoms with Crippen molar-refractivity contribution in [2.24, 2.45) is 11.3 Å². The third-order valence-corrected chi connectivity index (χ3v) is 6.66. The molecule has 0 spiro atoms. The largest absolute Gasteiger partial charge is 0.239 e. The van der Waals surface area contributed by atoms with Crippen molar-refractivity contribution in [1.29, 1.82) is 0 Å². The van der Waals surface area contributed by atoms with E-state index in [1.807, 2.05) is 0 Å². The maximum Gasteiger partial charge on any atom is 0.239 e. The Labute approximate surface area is 155 Å². The summed E-state index contributed by atoms with van der Waals surface area (Å²) >= 11 is 0.